The van der Waals surface area contributed by atoms with Crippen LogP contribution in [0.15, 0.2) is 0 Å². The van der Waals surface area contributed by atoms with E-state index in [4.69, 9.17) is 80.5 Å². The Labute approximate surface area is 558 Å². The van der Waals surface area contributed by atoms with E-state index in [9.17, 15) is 138 Å². The van der Waals surface area contributed by atoms with E-state index in [0.29, 0.717) is 0 Å². The molecule has 45 nitrogen and oxygen atoms in total. The van der Waals surface area contributed by atoms with Gasteiger partial charge in [-0.3, -0.25) is 0 Å². The van der Waals surface area contributed by atoms with Crippen LogP contribution < -0.4 is 5.32 Å². The minimum absolute atomic E-state index is 0.598. The van der Waals surface area contributed by atoms with Gasteiger partial charge in [0.25, 0.3) is 0 Å². The van der Waals surface area contributed by atoms with Crippen molar-refractivity contribution in [2.75, 3.05) is 59.3 Å². The van der Waals surface area contributed by atoms with Gasteiger partial charge in [-0.2, -0.15) is 0 Å². The third-order valence-corrected chi connectivity index (χ3v) is 19.1. The molecule has 23 fully saturated rings. The third-order valence-electron chi connectivity index (χ3n) is 19.1. The Balaban J connectivity index is 0.923. The molecule has 23 heterocycles. The van der Waals surface area contributed by atoms with Crippen LogP contribution in [0.2, 0.25) is 0 Å². The van der Waals surface area contributed by atoms with Gasteiger partial charge in [-0.1, -0.05) is 0 Å². The maximum atomic E-state index is 12.0. The van der Waals surface area contributed by atoms with Crippen molar-refractivity contribution in [1.29, 1.82) is 0 Å². The minimum atomic E-state index is -2.36. The molecule has 14 bridgehead atoms. The number of hydrogen-bond acceptors (Lipinski definition) is 45. The lowest BCUT2D eigenvalue weighted by Gasteiger charge is -2.50. The molecule has 28 N–H and O–H groups in total. The predicted molar refractivity (Wildman–Crippen MR) is 296 cm³/mol. The second-order valence-corrected chi connectivity index (χ2v) is 25.5. The highest BCUT2D eigenvalue weighted by Gasteiger charge is 2.60. The highest BCUT2D eigenvalue weighted by molar-refractivity contribution is 5.03. The highest BCUT2D eigenvalue weighted by atomic mass is 16.8. The van der Waals surface area contributed by atoms with E-state index < -0.39 is 336 Å². The van der Waals surface area contributed by atoms with Gasteiger partial charge in [0.2, 0.25) is 0 Å². The maximum absolute atomic E-state index is 12.0. The normalized spacial score (nSPS) is 55.1. The van der Waals surface area contributed by atoms with Crippen LogP contribution in [-0.2, 0) is 80.5 Å². The van der Waals surface area contributed by atoms with E-state index in [2.05, 4.69) is 5.32 Å². The van der Waals surface area contributed by atoms with Gasteiger partial charge in [0.05, 0.1) is 46.2 Å². The fourth-order valence-electron chi connectivity index (χ4n) is 13.3. The molecule has 0 saturated carbocycles. The van der Waals surface area contributed by atoms with E-state index in [0.717, 1.165) is 0 Å². The molecule has 0 aromatic heterocycles. The van der Waals surface area contributed by atoms with Gasteiger partial charge in [0.1, 0.15) is 220 Å². The summed E-state index contributed by atoms with van der Waals surface area (Å²) in [5.74, 6) is 0. The monoisotopic (exact) mass is 1460 g/mol. The van der Waals surface area contributed by atoms with Gasteiger partial charge in [-0.25, -0.2) is 0 Å². The summed E-state index contributed by atoms with van der Waals surface area (Å²) in [5, 5.41) is 301. The third kappa shape index (κ3) is 16.2. The Hall–Kier alpha value is -1.80. The molecule has 45 atom stereocenters. The average molecular weight is 1460 g/mol. The summed E-state index contributed by atoms with van der Waals surface area (Å²) in [6, 6.07) is 0. The highest BCUT2D eigenvalue weighted by Crippen LogP contribution is 2.40. The Bertz CT molecular complexity index is 2470. The maximum Gasteiger partial charge on any atom is 0.187 e. The fraction of sp³-hybridized carbons (Fsp3) is 1.00. The average Bonchev–Trinajstić information content (AvgIpc) is 0.797. The zero-order valence-electron chi connectivity index (χ0n) is 51.9. The molecule has 23 saturated heterocycles. The smallest absolute Gasteiger partial charge is 0.187 e. The van der Waals surface area contributed by atoms with Gasteiger partial charge >= 0.3 is 0 Å². The molecule has 576 valence electrons. The molecule has 45 heteroatoms. The van der Waals surface area contributed by atoms with Gasteiger partial charge in [-0.15, -0.1) is 0 Å². The molecule has 1 unspecified atom stereocenters. The van der Waals surface area contributed by atoms with E-state index in [1.54, 1.807) is 0 Å². The largest absolute Gasteiger partial charge is 0.394 e. The number of aliphatic hydroxyl groups excluding tert-OH is 27. The molecular weight excluding hydrogens is 1370 g/mol. The summed E-state index contributed by atoms with van der Waals surface area (Å²) >= 11 is 0. The van der Waals surface area contributed by atoms with E-state index in [-0.39, 0.29) is 0 Å². The second kappa shape index (κ2) is 34.0. The summed E-state index contributed by atoms with van der Waals surface area (Å²) < 4.78 is 97.5. The number of nitrogens with one attached hydrogen (secondary N) is 1. The van der Waals surface area contributed by atoms with Crippen LogP contribution in [0.1, 0.15) is 0 Å². The minimum Gasteiger partial charge on any atom is -0.394 e. The van der Waals surface area contributed by atoms with Crippen LogP contribution in [0.3, 0.4) is 0 Å². The molecular formula is C54H91NO44. The molecule has 99 heavy (non-hydrogen) atoms. The summed E-state index contributed by atoms with van der Waals surface area (Å²) in [5.41, 5.74) is 0. The van der Waals surface area contributed by atoms with Crippen molar-refractivity contribution in [3.63, 3.8) is 0 Å². The summed E-state index contributed by atoms with van der Waals surface area (Å²) in [4.78, 5) is 0. The zero-order chi connectivity index (χ0) is 72.1. The summed E-state index contributed by atoms with van der Waals surface area (Å²) in [7, 11) is 0. The molecule has 0 amide bonds. The number of rotatable bonds is 13. The second-order valence-electron chi connectivity index (χ2n) is 25.5. The first-order valence-corrected chi connectivity index (χ1v) is 31.8. The fourth-order valence-corrected chi connectivity index (χ4v) is 13.3. The molecule has 0 aromatic rings. The van der Waals surface area contributed by atoms with Crippen LogP contribution in [0.25, 0.3) is 0 Å². The summed E-state index contributed by atoms with van der Waals surface area (Å²) in [6.07, 6.45) is -92.3. The topological polar surface area (TPSA) is 715 Å². The first-order valence-electron chi connectivity index (χ1n) is 31.8. The standard InChI is InChI=1S/C54H91NO44/c56-3-12-40-25(68)34(77)50(88-12)96-42-14(5-58)90-52(36(79)27(42)70)98-44-16(7-60)92-54(38(81)29(44)72)99-45-17(8-61)91-53(37(80)28(45)71)97-43-15(6-59)89-51(35(78)26(43)69)95-41-13(4-57)87-49(33(76)24(41)67)93-39-11(86-48(94-40)32(75)23(39)66)2-55-1-10-19(62)22(65)31(74)47(85-10)83-9-18-20(63)21(64)30(73)46(82)84-18/h10-82H,1-9H2/t10-,11+,12-,13+,14-,15+,16-,17+,18-,19+,20-,21+,22+,23-,24-,25-,26-,27+,28-,29-,30-,31-,32-,33-,34+,35-,36+,37-,38-,39-,40-,41-,42-,43-,44-,45-,46?,47+,48-,49-,50-,51-,52-,53-,54-/m1/s1. The van der Waals surface area contributed by atoms with Gasteiger partial charge in [0.15, 0.2) is 56.6 Å². The van der Waals surface area contributed by atoms with Gasteiger partial charge in [0, 0.05) is 13.1 Å². The van der Waals surface area contributed by atoms with Crippen molar-refractivity contribution in [2.24, 2.45) is 0 Å². The van der Waals surface area contributed by atoms with Gasteiger partial charge < -0.3 is 224 Å². The van der Waals surface area contributed by atoms with Crippen molar-refractivity contribution < 1.29 is 218 Å². The lowest BCUT2D eigenvalue weighted by Crippen LogP contribution is -2.68. The van der Waals surface area contributed by atoms with Crippen LogP contribution in [0.4, 0.5) is 0 Å². The first kappa shape index (κ1) is 79.8. The Kier molecular flexibility index (Phi) is 27.4. The van der Waals surface area contributed by atoms with E-state index >= 15 is 0 Å². The van der Waals surface area contributed by atoms with Crippen molar-refractivity contribution >= 4 is 0 Å². The zero-order valence-corrected chi connectivity index (χ0v) is 51.9. The molecule has 23 aliphatic rings. The molecule has 0 aliphatic carbocycles. The molecule has 0 spiro atoms. The van der Waals surface area contributed by atoms with Crippen LogP contribution in [0, 0.1) is 0 Å². The predicted octanol–water partition coefficient (Wildman–Crippen LogP) is -20.0. The van der Waals surface area contributed by atoms with Crippen LogP contribution in [0.5, 0.6) is 0 Å². The lowest BCUT2D eigenvalue weighted by molar-refractivity contribution is -0.396. The number of hydrogen-bond donors (Lipinski definition) is 28. The Morgan fingerprint density at radius 2 is 0.434 bits per heavy atom. The van der Waals surface area contributed by atoms with E-state index in [1.807, 2.05) is 0 Å². The van der Waals surface area contributed by atoms with Crippen molar-refractivity contribution in [2.45, 2.75) is 276 Å². The molecule has 23 rings (SSSR count). The first-order chi connectivity index (χ1) is 47.0. The van der Waals surface area contributed by atoms with Crippen molar-refractivity contribution in [1.82, 2.24) is 5.32 Å². The SMILES string of the molecule is OC[C@@H]1O[C@@H]2O[C@H]3[C@H](O)[C@@H](O)[C@@H](O[C@H]4[C@H](O)[C@H](O)[C@@H](O[C@H]5[C@@H](O)[C@H](O)[C@@H](O[C@H]6[C@H](O)[C@@H](O)[C@@H](O[C@H]7[C@H](O)[C@@H](O)[C@@H](O[C@H]8[C@H](O)[C@@H](O)[C@@H](O[C@H]1[C@H](O)[C@H]2O)O[C@H]8CO)O[C@H]7CO)O[C@@H]6CO)O[C@@H]5CO)O[C@@H]4CO)O[C@H]3CNC[C@H]1O[C@H](OC[C@H]2OC(O)[C@H](O)[C@@H](O)[C@@H]2O)[C@H](O)[C@@H](O)[C@H]1O. The molecule has 0 aromatic carbocycles. The molecule has 23 aliphatic heterocycles. The van der Waals surface area contributed by atoms with Crippen molar-refractivity contribution in [3.05, 3.63) is 0 Å². The Morgan fingerprint density at radius 1 is 0.202 bits per heavy atom. The van der Waals surface area contributed by atoms with Crippen LogP contribution in [-0.4, -0.2) is 474 Å². The quantitative estimate of drug-likeness (QED) is 0.0814. The van der Waals surface area contributed by atoms with Crippen LogP contribution >= 0.6 is 0 Å². The number of ether oxygens (including phenoxy) is 17. The van der Waals surface area contributed by atoms with Gasteiger partial charge in [-0.05, 0) is 0 Å². The van der Waals surface area contributed by atoms with E-state index in [1.165, 1.54) is 0 Å². The summed E-state index contributed by atoms with van der Waals surface area (Å²) in [6.45, 7) is -8.75. The molecule has 0 radical (unpaired) electrons. The van der Waals surface area contributed by atoms with Crippen molar-refractivity contribution in [3.8, 4) is 0 Å². The number of aliphatic hydroxyl groups is 27. The lowest BCUT2D eigenvalue weighted by atomic mass is 9.95. The Morgan fingerprint density at radius 3 is 0.707 bits per heavy atom.